The molecule has 0 unspecified atom stereocenters. The van der Waals surface area contributed by atoms with Crippen LogP contribution in [0.25, 0.3) is 0 Å². The second kappa shape index (κ2) is 7.98. The summed E-state index contributed by atoms with van der Waals surface area (Å²) in [5.74, 6) is 0.343. The van der Waals surface area contributed by atoms with Gasteiger partial charge >= 0.3 is 0 Å². The zero-order valence-electron chi connectivity index (χ0n) is 13.9. The fourth-order valence-electron chi connectivity index (χ4n) is 2.07. The molecule has 0 spiro atoms. The first-order valence-electron chi connectivity index (χ1n) is 7.38. The van der Waals surface area contributed by atoms with Crippen LogP contribution in [-0.4, -0.2) is 24.0 Å². The summed E-state index contributed by atoms with van der Waals surface area (Å²) in [4.78, 5) is 22.9. The van der Waals surface area contributed by atoms with Gasteiger partial charge < -0.3 is 14.8 Å². The topological polar surface area (TPSA) is 90.7 Å². The van der Waals surface area contributed by atoms with Crippen molar-refractivity contribution >= 4 is 33.2 Å². The monoisotopic (exact) mass is 408 g/mol. The number of aryl methyl sites for hydroxylation is 1. The number of carbonyl (C=O) groups excluding carboxylic acids is 1. The fourth-order valence-corrected chi connectivity index (χ4v) is 2.66. The molecule has 0 heterocycles. The SMILES string of the molecule is COc1ccc(NC(=O)[C@@H](C)Oc2ccc(C)cc2Br)c([N+](=O)[O-])c1. The summed E-state index contributed by atoms with van der Waals surface area (Å²) < 4.78 is 11.3. The Morgan fingerprint density at radius 3 is 2.60 bits per heavy atom. The third-order valence-electron chi connectivity index (χ3n) is 3.42. The number of nitrogens with zero attached hydrogens (tertiary/aromatic N) is 1. The lowest BCUT2D eigenvalue weighted by atomic mass is 10.2. The van der Waals surface area contributed by atoms with Crippen LogP contribution in [0.3, 0.4) is 0 Å². The zero-order chi connectivity index (χ0) is 18.6. The van der Waals surface area contributed by atoms with Crippen LogP contribution in [0.15, 0.2) is 40.9 Å². The lowest BCUT2D eigenvalue weighted by Gasteiger charge is -2.16. The van der Waals surface area contributed by atoms with Crippen LogP contribution < -0.4 is 14.8 Å². The van der Waals surface area contributed by atoms with Crippen LogP contribution in [-0.2, 0) is 4.79 Å². The van der Waals surface area contributed by atoms with Gasteiger partial charge in [-0.25, -0.2) is 0 Å². The maximum absolute atomic E-state index is 12.3. The van der Waals surface area contributed by atoms with E-state index in [1.165, 1.54) is 25.3 Å². The van der Waals surface area contributed by atoms with Crippen molar-refractivity contribution in [2.24, 2.45) is 0 Å². The Labute approximate surface area is 153 Å². The first-order valence-corrected chi connectivity index (χ1v) is 8.17. The maximum Gasteiger partial charge on any atom is 0.296 e. The first-order chi connectivity index (χ1) is 11.8. The predicted octanol–water partition coefficient (Wildman–Crippen LogP) is 4.08. The highest BCUT2D eigenvalue weighted by Gasteiger charge is 2.21. The summed E-state index contributed by atoms with van der Waals surface area (Å²) >= 11 is 3.38. The molecular formula is C17H17BrN2O5. The summed E-state index contributed by atoms with van der Waals surface area (Å²) in [5, 5.41) is 13.7. The molecular weight excluding hydrogens is 392 g/mol. The number of nitrogens with one attached hydrogen (secondary N) is 1. The molecule has 7 nitrogen and oxygen atoms in total. The predicted molar refractivity (Wildman–Crippen MR) is 97.2 cm³/mol. The third-order valence-corrected chi connectivity index (χ3v) is 4.04. The summed E-state index contributed by atoms with van der Waals surface area (Å²) in [7, 11) is 1.41. The minimum atomic E-state index is -0.847. The molecule has 2 rings (SSSR count). The van der Waals surface area contributed by atoms with Crippen LogP contribution >= 0.6 is 15.9 Å². The van der Waals surface area contributed by atoms with Gasteiger partial charge in [0.15, 0.2) is 6.10 Å². The highest BCUT2D eigenvalue weighted by Crippen LogP contribution is 2.30. The van der Waals surface area contributed by atoms with E-state index in [2.05, 4.69) is 21.2 Å². The normalized spacial score (nSPS) is 11.5. The van der Waals surface area contributed by atoms with Crippen molar-refractivity contribution in [2.45, 2.75) is 20.0 Å². The quantitative estimate of drug-likeness (QED) is 0.574. The molecule has 0 fully saturated rings. The van der Waals surface area contributed by atoms with E-state index in [4.69, 9.17) is 9.47 Å². The summed E-state index contributed by atoms with van der Waals surface area (Å²) in [6, 6.07) is 9.68. The number of carbonyl (C=O) groups is 1. The van der Waals surface area contributed by atoms with E-state index in [1.807, 2.05) is 19.1 Å². The number of anilines is 1. The van der Waals surface area contributed by atoms with Gasteiger partial charge in [-0.1, -0.05) is 6.07 Å². The number of amides is 1. The molecule has 0 aromatic heterocycles. The molecule has 0 radical (unpaired) electrons. The van der Waals surface area contributed by atoms with Crippen molar-refractivity contribution in [3.05, 3.63) is 56.5 Å². The molecule has 132 valence electrons. The minimum absolute atomic E-state index is 0.0780. The average molecular weight is 409 g/mol. The van der Waals surface area contributed by atoms with Crippen LogP contribution in [0.4, 0.5) is 11.4 Å². The molecule has 2 aromatic carbocycles. The molecule has 0 saturated heterocycles. The lowest BCUT2D eigenvalue weighted by Crippen LogP contribution is -2.30. The van der Waals surface area contributed by atoms with E-state index in [0.29, 0.717) is 11.5 Å². The number of nitro groups is 1. The van der Waals surface area contributed by atoms with Gasteiger partial charge in [0, 0.05) is 0 Å². The average Bonchev–Trinajstić information content (AvgIpc) is 2.57. The van der Waals surface area contributed by atoms with Gasteiger partial charge in [-0.3, -0.25) is 14.9 Å². The fraction of sp³-hybridized carbons (Fsp3) is 0.235. The van der Waals surface area contributed by atoms with Crippen molar-refractivity contribution in [3.63, 3.8) is 0 Å². The van der Waals surface area contributed by atoms with Gasteiger partial charge in [0.2, 0.25) is 0 Å². The Balaban J connectivity index is 2.14. The number of rotatable bonds is 6. The van der Waals surface area contributed by atoms with Gasteiger partial charge in [0.1, 0.15) is 17.2 Å². The molecule has 25 heavy (non-hydrogen) atoms. The van der Waals surface area contributed by atoms with E-state index < -0.39 is 16.9 Å². The van der Waals surface area contributed by atoms with Crippen molar-refractivity contribution in [2.75, 3.05) is 12.4 Å². The highest BCUT2D eigenvalue weighted by molar-refractivity contribution is 9.10. The van der Waals surface area contributed by atoms with Crippen molar-refractivity contribution in [3.8, 4) is 11.5 Å². The maximum atomic E-state index is 12.3. The lowest BCUT2D eigenvalue weighted by molar-refractivity contribution is -0.384. The first kappa shape index (κ1) is 18.7. The van der Waals surface area contributed by atoms with Gasteiger partial charge in [-0.15, -0.1) is 0 Å². The van der Waals surface area contributed by atoms with E-state index >= 15 is 0 Å². The van der Waals surface area contributed by atoms with E-state index in [-0.39, 0.29) is 11.4 Å². The number of halogens is 1. The van der Waals surface area contributed by atoms with E-state index in [9.17, 15) is 14.9 Å². The number of hydrogen-bond acceptors (Lipinski definition) is 5. The number of methoxy groups -OCH3 is 1. The van der Waals surface area contributed by atoms with Crippen LogP contribution in [0.2, 0.25) is 0 Å². The molecule has 2 aromatic rings. The standard InChI is InChI=1S/C17H17BrN2O5/c1-10-4-7-16(13(18)8-10)25-11(2)17(21)19-14-6-5-12(24-3)9-15(14)20(22)23/h4-9,11H,1-3H3,(H,19,21)/t11-/m1/s1. The van der Waals surface area contributed by atoms with Crippen molar-refractivity contribution < 1.29 is 19.2 Å². The number of ether oxygens (including phenoxy) is 2. The molecule has 0 saturated carbocycles. The van der Waals surface area contributed by atoms with E-state index in [0.717, 1.165) is 10.0 Å². The molecule has 1 atom stereocenters. The van der Waals surface area contributed by atoms with Crippen LogP contribution in [0, 0.1) is 17.0 Å². The van der Waals surface area contributed by atoms with Crippen LogP contribution in [0.1, 0.15) is 12.5 Å². The molecule has 1 N–H and O–H groups in total. The van der Waals surface area contributed by atoms with Crippen LogP contribution in [0.5, 0.6) is 11.5 Å². The smallest absolute Gasteiger partial charge is 0.296 e. The molecule has 0 bridgehead atoms. The van der Waals surface area contributed by atoms with Gasteiger partial charge in [0.25, 0.3) is 11.6 Å². The van der Waals surface area contributed by atoms with E-state index in [1.54, 1.807) is 13.0 Å². The van der Waals surface area contributed by atoms with Gasteiger partial charge in [-0.05, 0) is 59.6 Å². The Morgan fingerprint density at radius 1 is 1.28 bits per heavy atom. The summed E-state index contributed by atoms with van der Waals surface area (Å²) in [5.41, 5.74) is 0.871. The Hall–Kier alpha value is -2.61. The van der Waals surface area contributed by atoms with Crippen molar-refractivity contribution in [1.82, 2.24) is 0 Å². The molecule has 0 aliphatic heterocycles. The zero-order valence-corrected chi connectivity index (χ0v) is 15.5. The summed E-state index contributed by atoms with van der Waals surface area (Å²) in [6.45, 7) is 3.50. The van der Waals surface area contributed by atoms with Crippen molar-refractivity contribution in [1.29, 1.82) is 0 Å². The molecule has 8 heteroatoms. The Kier molecular flexibility index (Phi) is 5.97. The Bertz CT molecular complexity index is 810. The second-order valence-electron chi connectivity index (χ2n) is 5.32. The molecule has 1 amide bonds. The summed E-state index contributed by atoms with van der Waals surface area (Å²) in [6.07, 6.45) is -0.847. The molecule has 0 aliphatic carbocycles. The van der Waals surface area contributed by atoms with Gasteiger partial charge in [0.05, 0.1) is 22.6 Å². The number of benzene rings is 2. The minimum Gasteiger partial charge on any atom is -0.496 e. The molecule has 0 aliphatic rings. The number of nitro benzene ring substituents is 1. The second-order valence-corrected chi connectivity index (χ2v) is 6.18. The Morgan fingerprint density at radius 2 is 2.00 bits per heavy atom. The largest absolute Gasteiger partial charge is 0.496 e. The van der Waals surface area contributed by atoms with Gasteiger partial charge in [-0.2, -0.15) is 0 Å². The highest BCUT2D eigenvalue weighted by atomic mass is 79.9. The number of hydrogen-bond donors (Lipinski definition) is 1. The third kappa shape index (κ3) is 4.69.